The fraction of sp³-hybridized carbons (Fsp3) is 0.310. The van der Waals surface area contributed by atoms with E-state index < -0.39 is 11.6 Å². The summed E-state index contributed by atoms with van der Waals surface area (Å²) in [5.41, 5.74) is 2.41. The zero-order valence-electron chi connectivity index (χ0n) is 21.1. The molecule has 0 saturated carbocycles. The highest BCUT2D eigenvalue weighted by molar-refractivity contribution is 7.99. The third-order valence-corrected chi connectivity index (χ3v) is 7.49. The van der Waals surface area contributed by atoms with E-state index in [9.17, 15) is 9.59 Å². The minimum atomic E-state index is -0.685. The molecule has 196 valence electrons. The Morgan fingerprint density at radius 2 is 1.51 bits per heavy atom. The van der Waals surface area contributed by atoms with Crippen molar-refractivity contribution in [3.8, 4) is 0 Å². The smallest absolute Gasteiger partial charge is 0.243 e. The van der Waals surface area contributed by atoms with Crippen LogP contribution in [0, 0.1) is 0 Å². The Morgan fingerprint density at radius 1 is 0.865 bits per heavy atom. The third-order valence-electron chi connectivity index (χ3n) is 5.51. The van der Waals surface area contributed by atoms with Gasteiger partial charge in [0.25, 0.3) is 0 Å². The summed E-state index contributed by atoms with van der Waals surface area (Å²) in [5, 5.41) is 4.67. The molecule has 0 aliphatic heterocycles. The Balaban J connectivity index is 1.86. The van der Waals surface area contributed by atoms with Crippen LogP contribution in [0.1, 0.15) is 37.5 Å². The van der Waals surface area contributed by atoms with Crippen molar-refractivity contribution in [2.24, 2.45) is 0 Å². The number of halogens is 3. The third kappa shape index (κ3) is 9.57. The lowest BCUT2D eigenvalue weighted by Gasteiger charge is -2.34. The van der Waals surface area contributed by atoms with Gasteiger partial charge in [0.1, 0.15) is 6.04 Å². The quantitative estimate of drug-likeness (QED) is 0.272. The number of thioether (sulfide) groups is 1. The first kappa shape index (κ1) is 29.4. The summed E-state index contributed by atoms with van der Waals surface area (Å²) in [6.07, 6.45) is 0.402. The van der Waals surface area contributed by atoms with Crippen LogP contribution in [-0.2, 0) is 28.3 Å². The lowest BCUT2D eigenvalue weighted by Crippen LogP contribution is -2.54. The van der Waals surface area contributed by atoms with Gasteiger partial charge in [-0.2, -0.15) is 0 Å². The maximum atomic E-state index is 13.7. The van der Waals surface area contributed by atoms with Crippen LogP contribution in [0.25, 0.3) is 0 Å². The summed E-state index contributed by atoms with van der Waals surface area (Å²) in [6.45, 7) is 6.09. The van der Waals surface area contributed by atoms with Crippen molar-refractivity contribution in [1.82, 2.24) is 10.2 Å². The Kier molecular flexibility index (Phi) is 10.8. The molecule has 0 spiro atoms. The number of benzene rings is 3. The van der Waals surface area contributed by atoms with Crippen molar-refractivity contribution < 1.29 is 9.59 Å². The number of carbonyl (C=O) groups excluding carboxylic acids is 2. The molecule has 0 radical (unpaired) electrons. The highest BCUT2D eigenvalue weighted by atomic mass is 35.5. The Hall–Kier alpha value is -2.18. The van der Waals surface area contributed by atoms with Crippen LogP contribution in [0.2, 0.25) is 15.1 Å². The number of hydrogen-bond acceptors (Lipinski definition) is 3. The second-order valence-corrected chi connectivity index (χ2v) is 12.1. The van der Waals surface area contributed by atoms with Gasteiger partial charge in [0.2, 0.25) is 11.8 Å². The molecule has 3 rings (SSSR count). The minimum Gasteiger partial charge on any atom is -0.350 e. The van der Waals surface area contributed by atoms with Crippen LogP contribution in [0.3, 0.4) is 0 Å². The maximum absolute atomic E-state index is 13.7. The van der Waals surface area contributed by atoms with Crippen LogP contribution in [0.5, 0.6) is 0 Å². The molecule has 0 heterocycles. The lowest BCUT2D eigenvalue weighted by molar-refractivity contribution is -0.140. The van der Waals surface area contributed by atoms with Gasteiger partial charge in [-0.15, -0.1) is 11.8 Å². The summed E-state index contributed by atoms with van der Waals surface area (Å²) in [5.74, 6) is 0.495. The minimum absolute atomic E-state index is 0.120. The zero-order chi connectivity index (χ0) is 27.0. The summed E-state index contributed by atoms with van der Waals surface area (Å²) in [6, 6.07) is 21.9. The summed E-state index contributed by atoms with van der Waals surface area (Å²) < 4.78 is 0. The van der Waals surface area contributed by atoms with E-state index in [2.05, 4.69) is 5.32 Å². The fourth-order valence-electron chi connectivity index (χ4n) is 3.76. The van der Waals surface area contributed by atoms with E-state index >= 15 is 0 Å². The molecule has 0 bridgehead atoms. The molecular formula is C29H31Cl3N2O2S. The van der Waals surface area contributed by atoms with E-state index in [1.807, 2.05) is 75.4 Å². The number of rotatable bonds is 10. The van der Waals surface area contributed by atoms with E-state index in [1.54, 1.807) is 23.1 Å². The van der Waals surface area contributed by atoms with Gasteiger partial charge in [0.05, 0.1) is 15.8 Å². The van der Waals surface area contributed by atoms with Gasteiger partial charge in [-0.1, -0.05) is 83.3 Å². The molecule has 0 aliphatic rings. The molecule has 37 heavy (non-hydrogen) atoms. The normalized spacial score (nSPS) is 12.2. The first-order valence-electron chi connectivity index (χ1n) is 11.9. The number of hydrogen-bond donors (Lipinski definition) is 1. The largest absolute Gasteiger partial charge is 0.350 e. The van der Waals surface area contributed by atoms with Gasteiger partial charge in [-0.05, 0) is 61.7 Å². The molecule has 0 aromatic heterocycles. The van der Waals surface area contributed by atoms with E-state index in [0.717, 1.165) is 16.7 Å². The molecule has 3 aromatic rings. The summed E-state index contributed by atoms with van der Waals surface area (Å²) in [7, 11) is 0. The Bertz CT molecular complexity index is 1200. The van der Waals surface area contributed by atoms with Crippen molar-refractivity contribution in [3.05, 3.63) is 105 Å². The molecule has 4 nitrogen and oxygen atoms in total. The van der Waals surface area contributed by atoms with Crippen LogP contribution < -0.4 is 5.32 Å². The van der Waals surface area contributed by atoms with Crippen LogP contribution >= 0.6 is 46.6 Å². The van der Waals surface area contributed by atoms with Crippen molar-refractivity contribution in [2.45, 2.75) is 51.1 Å². The van der Waals surface area contributed by atoms with Gasteiger partial charge in [-0.3, -0.25) is 9.59 Å². The maximum Gasteiger partial charge on any atom is 0.243 e. The van der Waals surface area contributed by atoms with Crippen molar-refractivity contribution >= 4 is 58.4 Å². The summed E-state index contributed by atoms with van der Waals surface area (Å²) in [4.78, 5) is 28.9. The number of amides is 2. The first-order valence-corrected chi connectivity index (χ1v) is 14.2. The van der Waals surface area contributed by atoms with E-state index in [0.29, 0.717) is 33.8 Å². The van der Waals surface area contributed by atoms with Crippen LogP contribution in [-0.4, -0.2) is 34.0 Å². The second kappa shape index (κ2) is 13.6. The lowest BCUT2D eigenvalue weighted by atomic mass is 10.0. The molecule has 1 atom stereocenters. The molecule has 0 aliphatic carbocycles. The Labute approximate surface area is 238 Å². The molecule has 3 aromatic carbocycles. The van der Waals surface area contributed by atoms with Crippen LogP contribution in [0.4, 0.5) is 0 Å². The van der Waals surface area contributed by atoms with E-state index in [4.69, 9.17) is 34.8 Å². The van der Waals surface area contributed by atoms with Gasteiger partial charge >= 0.3 is 0 Å². The summed E-state index contributed by atoms with van der Waals surface area (Å²) >= 11 is 19.7. The number of nitrogens with one attached hydrogen (secondary N) is 1. The average molecular weight is 578 g/mol. The molecule has 0 saturated heterocycles. The molecule has 1 unspecified atom stereocenters. The molecule has 0 fully saturated rings. The zero-order valence-corrected chi connectivity index (χ0v) is 24.2. The van der Waals surface area contributed by atoms with E-state index in [-0.39, 0.29) is 17.6 Å². The van der Waals surface area contributed by atoms with Crippen molar-refractivity contribution in [2.75, 3.05) is 5.75 Å². The highest BCUT2D eigenvalue weighted by Gasteiger charge is 2.32. The monoisotopic (exact) mass is 576 g/mol. The molecular weight excluding hydrogens is 547 g/mol. The molecule has 2 amide bonds. The predicted molar refractivity (Wildman–Crippen MR) is 156 cm³/mol. The standard InChI is InChI=1S/C29H31Cl3N2O2S/c1-29(2,3)33-28(36)26(16-20-7-5-4-6-8-20)34(17-21-9-12-23(30)13-10-21)27(35)19-37-18-22-11-14-24(31)25(32)15-22/h4-15,26H,16-19H2,1-3H3,(H,33,36). The first-order chi connectivity index (χ1) is 17.5. The second-order valence-electron chi connectivity index (χ2n) is 9.83. The van der Waals surface area contributed by atoms with Gasteiger partial charge in [0.15, 0.2) is 0 Å². The van der Waals surface area contributed by atoms with Crippen molar-refractivity contribution in [3.63, 3.8) is 0 Å². The van der Waals surface area contributed by atoms with Gasteiger partial charge in [-0.25, -0.2) is 0 Å². The Morgan fingerprint density at radius 3 is 2.14 bits per heavy atom. The van der Waals surface area contributed by atoms with E-state index in [1.165, 1.54) is 11.8 Å². The highest BCUT2D eigenvalue weighted by Crippen LogP contribution is 2.25. The molecule has 1 N–H and O–H groups in total. The topological polar surface area (TPSA) is 49.4 Å². The fourth-order valence-corrected chi connectivity index (χ4v) is 5.07. The average Bonchev–Trinajstić information content (AvgIpc) is 2.84. The number of carbonyl (C=O) groups is 2. The van der Waals surface area contributed by atoms with Crippen LogP contribution in [0.15, 0.2) is 72.8 Å². The molecule has 8 heteroatoms. The number of nitrogens with zero attached hydrogens (tertiary/aromatic N) is 1. The van der Waals surface area contributed by atoms with Gasteiger partial charge < -0.3 is 10.2 Å². The van der Waals surface area contributed by atoms with Crippen molar-refractivity contribution in [1.29, 1.82) is 0 Å². The SMILES string of the molecule is CC(C)(C)NC(=O)C(Cc1ccccc1)N(Cc1ccc(Cl)cc1)C(=O)CSCc1ccc(Cl)c(Cl)c1. The van der Waals surface area contributed by atoms with Gasteiger partial charge in [0, 0.05) is 29.3 Å². The predicted octanol–water partition coefficient (Wildman–Crippen LogP) is 7.43.